The lowest BCUT2D eigenvalue weighted by molar-refractivity contribution is 0.473. The molecule has 0 fully saturated rings. The van der Waals surface area contributed by atoms with Gasteiger partial charge in [0.1, 0.15) is 0 Å². The molecule has 0 unspecified atom stereocenters. The summed E-state index contributed by atoms with van der Waals surface area (Å²) in [5.41, 5.74) is 8.33. The summed E-state index contributed by atoms with van der Waals surface area (Å²) in [7, 11) is 0. The van der Waals surface area contributed by atoms with Crippen LogP contribution >= 0.6 is 0 Å². The van der Waals surface area contributed by atoms with Crippen LogP contribution < -0.4 is 0 Å². The van der Waals surface area contributed by atoms with Crippen LogP contribution in [0.15, 0.2) is 97.1 Å². The van der Waals surface area contributed by atoms with Crippen molar-refractivity contribution in [3.05, 3.63) is 108 Å². The smallest absolute Gasteiger partial charge is 0.00263 e. The third-order valence-corrected chi connectivity index (χ3v) is 8.56. The molecule has 0 N–H and O–H groups in total. The highest BCUT2D eigenvalue weighted by Crippen LogP contribution is 2.46. The first-order valence-corrected chi connectivity index (χ1v) is 13.9. The molecule has 0 bridgehead atoms. The summed E-state index contributed by atoms with van der Waals surface area (Å²) in [4.78, 5) is 0. The second kappa shape index (κ2) is 9.82. The molecule has 0 amide bonds. The Hall–Kier alpha value is -3.38. The van der Waals surface area contributed by atoms with E-state index in [1.54, 1.807) is 0 Å². The predicted octanol–water partition coefficient (Wildman–Crippen LogP) is 11.1. The van der Waals surface area contributed by atoms with E-state index in [2.05, 4.69) is 139 Å². The minimum atomic E-state index is 0.123. The second-order valence-electron chi connectivity index (χ2n) is 11.9. The van der Waals surface area contributed by atoms with Crippen LogP contribution in [0, 0.1) is 0 Å². The van der Waals surface area contributed by atoms with Gasteiger partial charge in [0.2, 0.25) is 0 Å². The van der Waals surface area contributed by atoms with Crippen molar-refractivity contribution < 1.29 is 0 Å². The fourth-order valence-electron chi connectivity index (χ4n) is 5.88. The SMILES string of the molecule is CCCC(C)(C)c1ccc2c(-c3ccccc3)c3cc(C(C)(C)CC)ccc3c(-c3ccccc3)c2c1. The molecule has 5 aromatic carbocycles. The molecule has 0 aliphatic rings. The van der Waals surface area contributed by atoms with E-state index in [0.29, 0.717) is 0 Å². The number of hydrogen-bond acceptors (Lipinski definition) is 0. The van der Waals surface area contributed by atoms with Gasteiger partial charge >= 0.3 is 0 Å². The molecule has 0 saturated heterocycles. The molecule has 0 aliphatic heterocycles. The van der Waals surface area contributed by atoms with Crippen LogP contribution in [0.25, 0.3) is 43.8 Å². The number of fused-ring (bicyclic) bond motifs is 2. The first-order chi connectivity index (χ1) is 17.8. The third kappa shape index (κ3) is 4.59. The van der Waals surface area contributed by atoms with Gasteiger partial charge in [-0.1, -0.05) is 133 Å². The van der Waals surface area contributed by atoms with Gasteiger partial charge in [0.05, 0.1) is 0 Å². The molecule has 0 aromatic heterocycles. The van der Waals surface area contributed by atoms with E-state index >= 15 is 0 Å². The van der Waals surface area contributed by atoms with Gasteiger partial charge in [-0.25, -0.2) is 0 Å². The first-order valence-electron chi connectivity index (χ1n) is 13.9. The van der Waals surface area contributed by atoms with Gasteiger partial charge in [-0.3, -0.25) is 0 Å². The van der Waals surface area contributed by atoms with Crippen molar-refractivity contribution in [2.24, 2.45) is 0 Å². The molecule has 5 rings (SSSR count). The maximum Gasteiger partial charge on any atom is -0.00263 e. The zero-order valence-corrected chi connectivity index (χ0v) is 23.4. The molecule has 188 valence electrons. The quantitative estimate of drug-likeness (QED) is 0.201. The Bertz CT molecular complexity index is 1540. The van der Waals surface area contributed by atoms with Crippen LogP contribution in [0.2, 0.25) is 0 Å². The van der Waals surface area contributed by atoms with Crippen LogP contribution in [-0.4, -0.2) is 0 Å². The van der Waals surface area contributed by atoms with E-state index in [9.17, 15) is 0 Å². The lowest BCUT2D eigenvalue weighted by atomic mass is 9.77. The molecule has 5 aromatic rings. The lowest BCUT2D eigenvalue weighted by Gasteiger charge is -2.27. The Kier molecular flexibility index (Phi) is 6.71. The molecule has 0 spiro atoms. The van der Waals surface area contributed by atoms with E-state index in [4.69, 9.17) is 0 Å². The largest absolute Gasteiger partial charge is 0.0654 e. The molecule has 0 aliphatic carbocycles. The predicted molar refractivity (Wildman–Crippen MR) is 164 cm³/mol. The average Bonchev–Trinajstić information content (AvgIpc) is 2.92. The van der Waals surface area contributed by atoms with E-state index < -0.39 is 0 Å². The summed E-state index contributed by atoms with van der Waals surface area (Å²) in [6, 6.07) is 36.4. The van der Waals surface area contributed by atoms with Crippen molar-refractivity contribution in [1.82, 2.24) is 0 Å². The average molecular weight is 485 g/mol. The third-order valence-electron chi connectivity index (χ3n) is 8.56. The number of rotatable bonds is 7. The van der Waals surface area contributed by atoms with E-state index in [1.807, 2.05) is 0 Å². The van der Waals surface area contributed by atoms with Gasteiger partial charge in [-0.15, -0.1) is 0 Å². The highest BCUT2D eigenvalue weighted by Gasteiger charge is 2.24. The molecule has 0 atom stereocenters. The molecule has 0 radical (unpaired) electrons. The van der Waals surface area contributed by atoms with Crippen molar-refractivity contribution in [1.29, 1.82) is 0 Å². The Morgan fingerprint density at radius 2 is 0.919 bits per heavy atom. The zero-order chi connectivity index (χ0) is 26.2. The van der Waals surface area contributed by atoms with Crippen LogP contribution in [-0.2, 0) is 10.8 Å². The van der Waals surface area contributed by atoms with E-state index in [0.717, 1.165) is 6.42 Å². The molecule has 0 saturated carbocycles. The number of hydrogen-bond donors (Lipinski definition) is 0. The molecular formula is C37H40. The molecule has 0 nitrogen and oxygen atoms in total. The molecule has 0 heterocycles. The topological polar surface area (TPSA) is 0 Å². The summed E-state index contributed by atoms with van der Waals surface area (Å²) in [5, 5.41) is 5.36. The van der Waals surface area contributed by atoms with Crippen LogP contribution in [0.1, 0.15) is 71.9 Å². The maximum atomic E-state index is 2.49. The van der Waals surface area contributed by atoms with E-state index in [-0.39, 0.29) is 10.8 Å². The Morgan fingerprint density at radius 1 is 0.486 bits per heavy atom. The van der Waals surface area contributed by atoms with Crippen molar-refractivity contribution >= 4 is 21.5 Å². The Labute approximate surface area is 223 Å². The maximum absolute atomic E-state index is 2.49. The summed E-state index contributed by atoms with van der Waals surface area (Å²) < 4.78 is 0. The minimum Gasteiger partial charge on any atom is -0.0654 e. The number of benzene rings is 5. The van der Waals surface area contributed by atoms with Crippen LogP contribution in [0.4, 0.5) is 0 Å². The van der Waals surface area contributed by atoms with Crippen molar-refractivity contribution in [2.45, 2.75) is 71.6 Å². The fourth-order valence-corrected chi connectivity index (χ4v) is 5.88. The monoisotopic (exact) mass is 484 g/mol. The highest BCUT2D eigenvalue weighted by molar-refractivity contribution is 6.21. The van der Waals surface area contributed by atoms with Gasteiger partial charge in [0.25, 0.3) is 0 Å². The first kappa shape index (κ1) is 25.3. The Morgan fingerprint density at radius 3 is 1.32 bits per heavy atom. The van der Waals surface area contributed by atoms with Crippen molar-refractivity contribution in [3.8, 4) is 22.3 Å². The van der Waals surface area contributed by atoms with Gasteiger partial charge in [0, 0.05) is 0 Å². The van der Waals surface area contributed by atoms with Gasteiger partial charge in [-0.2, -0.15) is 0 Å². The standard InChI is InChI=1S/C37H40/c1-7-23-37(5,6)29-20-22-31-33(25-29)35(27-17-13-10-14-18-27)30-21-19-28(36(3,4)8-2)24-32(30)34(31)26-15-11-9-12-16-26/h9-22,24-25H,7-8,23H2,1-6H3. The molecular weight excluding hydrogens is 444 g/mol. The zero-order valence-electron chi connectivity index (χ0n) is 23.4. The summed E-state index contributed by atoms with van der Waals surface area (Å²) in [6.07, 6.45) is 3.46. The fraction of sp³-hybridized carbons (Fsp3) is 0.297. The summed E-state index contributed by atoms with van der Waals surface area (Å²) in [6.45, 7) is 14.1. The Balaban J connectivity index is 1.98. The van der Waals surface area contributed by atoms with Crippen molar-refractivity contribution in [3.63, 3.8) is 0 Å². The van der Waals surface area contributed by atoms with Gasteiger partial charge < -0.3 is 0 Å². The summed E-state index contributed by atoms with van der Waals surface area (Å²) >= 11 is 0. The second-order valence-corrected chi connectivity index (χ2v) is 11.9. The van der Waals surface area contributed by atoms with Crippen LogP contribution in [0.5, 0.6) is 0 Å². The van der Waals surface area contributed by atoms with E-state index in [1.165, 1.54) is 67.8 Å². The molecule has 0 heteroatoms. The van der Waals surface area contributed by atoms with Gasteiger partial charge in [0.15, 0.2) is 0 Å². The van der Waals surface area contributed by atoms with Crippen molar-refractivity contribution in [2.75, 3.05) is 0 Å². The lowest BCUT2D eigenvalue weighted by Crippen LogP contribution is -2.16. The normalized spacial score (nSPS) is 12.4. The molecule has 37 heavy (non-hydrogen) atoms. The van der Waals surface area contributed by atoms with Gasteiger partial charge in [-0.05, 0) is 90.7 Å². The minimum absolute atomic E-state index is 0.123. The summed E-state index contributed by atoms with van der Waals surface area (Å²) in [5.74, 6) is 0. The van der Waals surface area contributed by atoms with Crippen LogP contribution in [0.3, 0.4) is 0 Å². The highest BCUT2D eigenvalue weighted by atomic mass is 14.3.